The van der Waals surface area contributed by atoms with E-state index in [9.17, 15) is 4.79 Å². The number of fused-ring (bicyclic) bond motifs is 1. The van der Waals surface area contributed by atoms with E-state index in [2.05, 4.69) is 5.32 Å². The summed E-state index contributed by atoms with van der Waals surface area (Å²) in [4.78, 5) is 14.0. The van der Waals surface area contributed by atoms with E-state index in [1.165, 1.54) is 0 Å². The molecular formula is C14H20N2O2. The first-order chi connectivity index (χ1) is 8.49. The second kappa shape index (κ2) is 4.61. The number of nitrogens with one attached hydrogen (secondary N) is 1. The van der Waals surface area contributed by atoms with Crippen LogP contribution >= 0.6 is 0 Å². The Hall–Kier alpha value is -1.55. The van der Waals surface area contributed by atoms with Gasteiger partial charge < -0.3 is 15.3 Å². The van der Waals surface area contributed by atoms with Crippen LogP contribution in [0.5, 0.6) is 0 Å². The van der Waals surface area contributed by atoms with Gasteiger partial charge in [0.15, 0.2) is 0 Å². The highest BCUT2D eigenvalue weighted by molar-refractivity contribution is 6.02. The average molecular weight is 248 g/mol. The van der Waals surface area contributed by atoms with Gasteiger partial charge in [-0.05, 0) is 44.0 Å². The summed E-state index contributed by atoms with van der Waals surface area (Å²) in [5.74, 6) is 0.108. The third-order valence-electron chi connectivity index (χ3n) is 3.53. The molecule has 0 saturated heterocycles. The molecule has 0 fully saturated rings. The number of aliphatic hydroxyl groups is 1. The van der Waals surface area contributed by atoms with Gasteiger partial charge in [0.1, 0.15) is 0 Å². The van der Waals surface area contributed by atoms with Crippen molar-refractivity contribution in [2.24, 2.45) is 0 Å². The highest BCUT2D eigenvalue weighted by atomic mass is 16.3. The summed E-state index contributed by atoms with van der Waals surface area (Å²) >= 11 is 0. The summed E-state index contributed by atoms with van der Waals surface area (Å²) in [6, 6.07) is 5.97. The van der Waals surface area contributed by atoms with Gasteiger partial charge in [0.05, 0.1) is 6.42 Å². The van der Waals surface area contributed by atoms with Gasteiger partial charge in [-0.3, -0.25) is 4.79 Å². The maximum atomic E-state index is 12.2. The highest BCUT2D eigenvalue weighted by Crippen LogP contribution is 2.37. The Balaban J connectivity index is 2.39. The van der Waals surface area contributed by atoms with Crippen molar-refractivity contribution in [1.29, 1.82) is 0 Å². The SMILES string of the molecule is CNc1ccc2c(c1)CC(=O)N2C(C)(C)CCO. The van der Waals surface area contributed by atoms with Crippen molar-refractivity contribution in [3.8, 4) is 0 Å². The molecule has 1 heterocycles. The fourth-order valence-corrected chi connectivity index (χ4v) is 2.53. The molecule has 0 saturated carbocycles. The molecule has 4 heteroatoms. The number of nitrogens with zero attached hydrogens (tertiary/aromatic N) is 1. The van der Waals surface area contributed by atoms with Gasteiger partial charge in [-0.2, -0.15) is 0 Å². The Morgan fingerprint density at radius 1 is 1.44 bits per heavy atom. The Kier molecular flexibility index (Phi) is 3.30. The lowest BCUT2D eigenvalue weighted by molar-refractivity contribution is -0.118. The predicted molar refractivity (Wildman–Crippen MR) is 73.0 cm³/mol. The molecule has 1 aromatic carbocycles. The van der Waals surface area contributed by atoms with Crippen LogP contribution in [0.4, 0.5) is 11.4 Å². The zero-order valence-electron chi connectivity index (χ0n) is 11.2. The summed E-state index contributed by atoms with van der Waals surface area (Å²) in [6.45, 7) is 4.06. The largest absolute Gasteiger partial charge is 0.396 e. The Morgan fingerprint density at radius 2 is 2.17 bits per heavy atom. The number of carbonyl (C=O) groups is 1. The quantitative estimate of drug-likeness (QED) is 0.854. The van der Waals surface area contributed by atoms with Crippen LogP contribution in [0.25, 0.3) is 0 Å². The van der Waals surface area contributed by atoms with Crippen molar-refractivity contribution >= 4 is 17.3 Å². The van der Waals surface area contributed by atoms with Crippen LogP contribution in [0, 0.1) is 0 Å². The molecule has 1 aromatic rings. The highest BCUT2D eigenvalue weighted by Gasteiger charge is 2.37. The zero-order chi connectivity index (χ0) is 13.3. The molecule has 1 aliphatic heterocycles. The van der Waals surface area contributed by atoms with E-state index in [1.807, 2.05) is 44.0 Å². The van der Waals surface area contributed by atoms with Crippen LogP contribution in [-0.2, 0) is 11.2 Å². The molecule has 0 aromatic heterocycles. The molecule has 18 heavy (non-hydrogen) atoms. The van der Waals surface area contributed by atoms with Gasteiger partial charge in [-0.25, -0.2) is 0 Å². The van der Waals surface area contributed by atoms with Gasteiger partial charge in [0.2, 0.25) is 5.91 Å². The molecule has 0 radical (unpaired) electrons. The van der Waals surface area contributed by atoms with E-state index in [-0.39, 0.29) is 18.1 Å². The minimum Gasteiger partial charge on any atom is -0.396 e. The molecular weight excluding hydrogens is 228 g/mol. The van der Waals surface area contributed by atoms with Gasteiger partial charge in [-0.1, -0.05) is 0 Å². The van der Waals surface area contributed by atoms with Crippen molar-refractivity contribution in [3.63, 3.8) is 0 Å². The van der Waals surface area contributed by atoms with Gasteiger partial charge in [0, 0.05) is 30.6 Å². The molecule has 1 amide bonds. The van der Waals surface area contributed by atoms with Crippen LogP contribution < -0.4 is 10.2 Å². The number of benzene rings is 1. The Bertz CT molecular complexity index is 469. The molecule has 98 valence electrons. The third kappa shape index (κ3) is 2.08. The minimum atomic E-state index is -0.349. The van der Waals surface area contributed by atoms with Crippen LogP contribution in [-0.4, -0.2) is 30.2 Å². The summed E-state index contributed by atoms with van der Waals surface area (Å²) in [5.41, 5.74) is 2.69. The lowest BCUT2D eigenvalue weighted by atomic mass is 9.98. The molecule has 0 aliphatic carbocycles. The summed E-state index contributed by atoms with van der Waals surface area (Å²) < 4.78 is 0. The lowest BCUT2D eigenvalue weighted by Crippen LogP contribution is -2.46. The predicted octanol–water partition coefficient (Wildman–Crippen LogP) is 1.78. The maximum absolute atomic E-state index is 12.2. The number of aliphatic hydroxyl groups excluding tert-OH is 1. The first kappa shape index (κ1) is 12.9. The fraction of sp³-hybridized carbons (Fsp3) is 0.500. The smallest absolute Gasteiger partial charge is 0.231 e. The van der Waals surface area contributed by atoms with Crippen LogP contribution in [0.15, 0.2) is 18.2 Å². The van der Waals surface area contributed by atoms with E-state index in [1.54, 1.807) is 0 Å². The standard InChI is InChI=1S/C14H20N2O2/c1-14(2,6-7-17)16-12-5-4-11(15-3)8-10(12)9-13(16)18/h4-5,8,15,17H,6-7,9H2,1-3H3. The van der Waals surface area contributed by atoms with Gasteiger partial charge in [-0.15, -0.1) is 0 Å². The normalized spacial score (nSPS) is 14.9. The first-order valence-corrected chi connectivity index (χ1v) is 6.24. The molecule has 0 bridgehead atoms. The zero-order valence-corrected chi connectivity index (χ0v) is 11.2. The van der Waals surface area contributed by atoms with E-state index in [4.69, 9.17) is 5.11 Å². The topological polar surface area (TPSA) is 52.6 Å². The van der Waals surface area contributed by atoms with Gasteiger partial charge in [0.25, 0.3) is 0 Å². The molecule has 4 nitrogen and oxygen atoms in total. The second-order valence-electron chi connectivity index (χ2n) is 5.29. The second-order valence-corrected chi connectivity index (χ2v) is 5.29. The fourth-order valence-electron chi connectivity index (χ4n) is 2.53. The molecule has 1 aliphatic rings. The van der Waals surface area contributed by atoms with E-state index >= 15 is 0 Å². The number of hydrogen-bond acceptors (Lipinski definition) is 3. The number of amides is 1. The van der Waals surface area contributed by atoms with Crippen LogP contribution in [0.2, 0.25) is 0 Å². The maximum Gasteiger partial charge on any atom is 0.231 e. The van der Waals surface area contributed by atoms with Crippen molar-refractivity contribution < 1.29 is 9.90 Å². The molecule has 0 unspecified atom stereocenters. The van der Waals surface area contributed by atoms with Crippen molar-refractivity contribution in [3.05, 3.63) is 23.8 Å². The van der Waals surface area contributed by atoms with Crippen LogP contribution in [0.1, 0.15) is 25.8 Å². The number of rotatable bonds is 4. The van der Waals surface area contributed by atoms with E-state index in [0.717, 1.165) is 16.9 Å². The van der Waals surface area contributed by atoms with E-state index < -0.39 is 0 Å². The number of carbonyl (C=O) groups excluding carboxylic acids is 1. The van der Waals surface area contributed by atoms with Crippen molar-refractivity contribution in [2.75, 3.05) is 23.9 Å². The monoisotopic (exact) mass is 248 g/mol. The first-order valence-electron chi connectivity index (χ1n) is 6.24. The average Bonchev–Trinajstić information content (AvgIpc) is 2.64. The van der Waals surface area contributed by atoms with Crippen molar-refractivity contribution in [1.82, 2.24) is 0 Å². The van der Waals surface area contributed by atoms with E-state index in [0.29, 0.717) is 12.8 Å². The number of anilines is 2. The molecule has 2 N–H and O–H groups in total. The third-order valence-corrected chi connectivity index (χ3v) is 3.53. The van der Waals surface area contributed by atoms with Crippen molar-refractivity contribution in [2.45, 2.75) is 32.2 Å². The minimum absolute atomic E-state index is 0.0840. The Morgan fingerprint density at radius 3 is 2.78 bits per heavy atom. The van der Waals surface area contributed by atoms with Gasteiger partial charge >= 0.3 is 0 Å². The van der Waals surface area contributed by atoms with Crippen LogP contribution in [0.3, 0.4) is 0 Å². The summed E-state index contributed by atoms with van der Waals surface area (Å²) in [6.07, 6.45) is 1.02. The lowest BCUT2D eigenvalue weighted by Gasteiger charge is -2.35. The molecule has 2 rings (SSSR count). The summed E-state index contributed by atoms with van der Waals surface area (Å²) in [5, 5.41) is 12.2. The molecule has 0 atom stereocenters. The Labute approximate surface area is 108 Å². The number of hydrogen-bond donors (Lipinski definition) is 2. The molecule has 0 spiro atoms. The summed E-state index contributed by atoms with van der Waals surface area (Å²) in [7, 11) is 1.87.